The second-order valence-corrected chi connectivity index (χ2v) is 6.22. The van der Waals surface area contributed by atoms with Crippen LogP contribution in [0.1, 0.15) is 37.2 Å². The van der Waals surface area contributed by atoms with Crippen LogP contribution in [-0.4, -0.2) is 36.9 Å². The second-order valence-electron chi connectivity index (χ2n) is 6.22. The standard InChI is InChI=1S/C18H21NO7/c1-25-17(21)16(18(22)26-2)15(13-8-3-4-9-14(13)20)11-6-5-7-12(10-11)19(23)24/h5-7,10,13,15-16H,3-4,8-9H2,1-2H3/t13-,15+/m1/s1. The number of nitro benzene ring substituents is 1. The first-order chi connectivity index (χ1) is 12.4. The monoisotopic (exact) mass is 363 g/mol. The van der Waals surface area contributed by atoms with Crippen molar-refractivity contribution in [3.05, 3.63) is 39.9 Å². The molecule has 0 aromatic heterocycles. The lowest BCUT2D eigenvalue weighted by Gasteiger charge is -2.32. The van der Waals surface area contributed by atoms with Crippen molar-refractivity contribution in [1.82, 2.24) is 0 Å². The lowest BCUT2D eigenvalue weighted by atomic mass is 9.70. The molecule has 0 amide bonds. The Morgan fingerprint density at radius 1 is 1.19 bits per heavy atom. The number of benzene rings is 1. The van der Waals surface area contributed by atoms with E-state index in [1.54, 1.807) is 6.07 Å². The molecule has 0 aliphatic heterocycles. The van der Waals surface area contributed by atoms with E-state index in [0.29, 0.717) is 18.4 Å². The van der Waals surface area contributed by atoms with Crippen LogP contribution in [0.3, 0.4) is 0 Å². The zero-order chi connectivity index (χ0) is 19.3. The average molecular weight is 363 g/mol. The van der Waals surface area contributed by atoms with Gasteiger partial charge in [-0.1, -0.05) is 18.6 Å². The quantitative estimate of drug-likeness (QED) is 0.330. The van der Waals surface area contributed by atoms with Crippen molar-refractivity contribution in [2.24, 2.45) is 11.8 Å². The number of nitro groups is 1. The van der Waals surface area contributed by atoms with Crippen molar-refractivity contribution < 1.29 is 28.8 Å². The number of carbonyl (C=O) groups excluding carboxylic acids is 3. The fourth-order valence-electron chi connectivity index (χ4n) is 3.54. The van der Waals surface area contributed by atoms with Crippen LogP contribution >= 0.6 is 0 Å². The maximum absolute atomic E-state index is 12.5. The van der Waals surface area contributed by atoms with Crippen LogP contribution in [0, 0.1) is 22.0 Å². The van der Waals surface area contributed by atoms with Gasteiger partial charge in [0.1, 0.15) is 5.78 Å². The molecule has 2 atom stereocenters. The predicted octanol–water partition coefficient (Wildman–Crippen LogP) is 2.40. The summed E-state index contributed by atoms with van der Waals surface area (Å²) in [5.74, 6) is -4.56. The largest absolute Gasteiger partial charge is 0.468 e. The van der Waals surface area contributed by atoms with Crippen molar-refractivity contribution in [3.63, 3.8) is 0 Å². The molecule has 0 unspecified atom stereocenters. The van der Waals surface area contributed by atoms with Crippen LogP contribution in [0.25, 0.3) is 0 Å². The number of ketones is 1. The fourth-order valence-corrected chi connectivity index (χ4v) is 3.54. The number of hydrogen-bond acceptors (Lipinski definition) is 7. The molecule has 0 N–H and O–H groups in total. The normalized spacial score (nSPS) is 18.3. The number of methoxy groups -OCH3 is 2. The minimum atomic E-state index is -1.36. The molecule has 8 nitrogen and oxygen atoms in total. The summed E-state index contributed by atoms with van der Waals surface area (Å²) in [6.45, 7) is 0. The van der Waals surface area contributed by atoms with Gasteiger partial charge in [0, 0.05) is 30.4 Å². The second kappa shape index (κ2) is 8.55. The molecule has 1 aromatic carbocycles. The Balaban J connectivity index is 2.58. The first-order valence-corrected chi connectivity index (χ1v) is 8.33. The van der Waals surface area contributed by atoms with Gasteiger partial charge in [-0.2, -0.15) is 0 Å². The summed E-state index contributed by atoms with van der Waals surface area (Å²) in [5, 5.41) is 11.1. The number of ether oxygens (including phenoxy) is 2. The average Bonchev–Trinajstić information content (AvgIpc) is 2.65. The lowest BCUT2D eigenvalue weighted by molar-refractivity contribution is -0.384. The molecule has 1 saturated carbocycles. The highest BCUT2D eigenvalue weighted by Gasteiger charge is 2.45. The van der Waals surface area contributed by atoms with E-state index in [1.165, 1.54) is 18.2 Å². The molecule has 140 valence electrons. The maximum atomic E-state index is 12.5. The van der Waals surface area contributed by atoms with Gasteiger partial charge in [0.15, 0.2) is 5.92 Å². The smallest absolute Gasteiger partial charge is 0.320 e. The van der Waals surface area contributed by atoms with Gasteiger partial charge in [-0.3, -0.25) is 24.5 Å². The molecular weight excluding hydrogens is 342 g/mol. The molecule has 0 spiro atoms. The van der Waals surface area contributed by atoms with Crippen LogP contribution in [0.2, 0.25) is 0 Å². The van der Waals surface area contributed by atoms with E-state index in [1.807, 2.05) is 0 Å². The van der Waals surface area contributed by atoms with E-state index in [9.17, 15) is 24.5 Å². The van der Waals surface area contributed by atoms with Gasteiger partial charge in [-0.15, -0.1) is 0 Å². The summed E-state index contributed by atoms with van der Waals surface area (Å²) >= 11 is 0. The third kappa shape index (κ3) is 4.07. The van der Waals surface area contributed by atoms with Gasteiger partial charge in [-0.05, 0) is 18.4 Å². The summed E-state index contributed by atoms with van der Waals surface area (Å²) in [6.07, 6.45) is 2.37. The molecule has 1 aliphatic rings. The lowest BCUT2D eigenvalue weighted by Crippen LogP contribution is -2.39. The Bertz CT molecular complexity index is 699. The van der Waals surface area contributed by atoms with Crippen molar-refractivity contribution >= 4 is 23.4 Å². The zero-order valence-corrected chi connectivity index (χ0v) is 14.7. The number of Topliss-reactive ketones (excluding diaryl/α,β-unsaturated/α-hetero) is 1. The number of carbonyl (C=O) groups is 3. The van der Waals surface area contributed by atoms with Crippen LogP contribution in [0.15, 0.2) is 24.3 Å². The SMILES string of the molecule is COC(=O)C(C(=O)OC)[C@@H](c1cccc([N+](=O)[O-])c1)[C@@H]1CCCCC1=O. The van der Waals surface area contributed by atoms with Gasteiger partial charge in [0.05, 0.1) is 19.1 Å². The number of esters is 2. The van der Waals surface area contributed by atoms with Crippen LogP contribution in [0.5, 0.6) is 0 Å². The molecule has 26 heavy (non-hydrogen) atoms. The Morgan fingerprint density at radius 2 is 1.85 bits per heavy atom. The van der Waals surface area contributed by atoms with E-state index in [4.69, 9.17) is 9.47 Å². The van der Waals surface area contributed by atoms with Crippen molar-refractivity contribution in [3.8, 4) is 0 Å². The number of hydrogen-bond donors (Lipinski definition) is 0. The van der Waals surface area contributed by atoms with Gasteiger partial charge in [0.2, 0.25) is 0 Å². The molecular formula is C18H21NO7. The molecule has 0 radical (unpaired) electrons. The fraction of sp³-hybridized carbons (Fsp3) is 0.500. The molecule has 2 rings (SSSR count). The number of non-ortho nitro benzene ring substituents is 1. The van der Waals surface area contributed by atoms with E-state index in [0.717, 1.165) is 27.1 Å². The molecule has 8 heteroatoms. The molecule has 1 aromatic rings. The van der Waals surface area contributed by atoms with Crippen LogP contribution in [-0.2, 0) is 23.9 Å². The summed E-state index contributed by atoms with van der Waals surface area (Å²) < 4.78 is 9.51. The van der Waals surface area contributed by atoms with E-state index >= 15 is 0 Å². The molecule has 0 bridgehead atoms. The summed E-state index contributed by atoms with van der Waals surface area (Å²) in [6, 6.07) is 5.66. The molecule has 1 aliphatic carbocycles. The maximum Gasteiger partial charge on any atom is 0.320 e. The molecule has 1 fully saturated rings. The van der Waals surface area contributed by atoms with Crippen molar-refractivity contribution in [2.75, 3.05) is 14.2 Å². The minimum Gasteiger partial charge on any atom is -0.468 e. The zero-order valence-electron chi connectivity index (χ0n) is 14.7. The summed E-state index contributed by atoms with van der Waals surface area (Å²) in [7, 11) is 2.29. The highest BCUT2D eigenvalue weighted by molar-refractivity contribution is 5.97. The highest BCUT2D eigenvalue weighted by atomic mass is 16.6. The number of rotatable bonds is 6. The van der Waals surface area contributed by atoms with E-state index in [2.05, 4.69) is 0 Å². The summed E-state index contributed by atoms with van der Waals surface area (Å²) in [5.41, 5.74) is 0.199. The first kappa shape index (κ1) is 19.6. The van der Waals surface area contributed by atoms with Crippen LogP contribution < -0.4 is 0 Å². The Kier molecular flexibility index (Phi) is 6.43. The highest BCUT2D eigenvalue weighted by Crippen LogP contribution is 2.41. The predicted molar refractivity (Wildman–Crippen MR) is 90.3 cm³/mol. The van der Waals surface area contributed by atoms with Gasteiger partial charge >= 0.3 is 11.9 Å². The van der Waals surface area contributed by atoms with Crippen molar-refractivity contribution in [1.29, 1.82) is 0 Å². The topological polar surface area (TPSA) is 113 Å². The Labute approximate surface area is 150 Å². The van der Waals surface area contributed by atoms with Gasteiger partial charge in [0.25, 0.3) is 5.69 Å². The first-order valence-electron chi connectivity index (χ1n) is 8.33. The van der Waals surface area contributed by atoms with Crippen LogP contribution in [0.4, 0.5) is 5.69 Å². The van der Waals surface area contributed by atoms with Gasteiger partial charge in [-0.25, -0.2) is 0 Å². The number of nitrogens with zero attached hydrogens (tertiary/aromatic N) is 1. The molecule has 0 heterocycles. The van der Waals surface area contributed by atoms with Crippen molar-refractivity contribution in [2.45, 2.75) is 31.6 Å². The third-order valence-corrected chi connectivity index (χ3v) is 4.77. The third-order valence-electron chi connectivity index (χ3n) is 4.77. The van der Waals surface area contributed by atoms with E-state index < -0.39 is 34.6 Å². The Hall–Kier alpha value is -2.77. The van der Waals surface area contributed by atoms with E-state index in [-0.39, 0.29) is 11.5 Å². The molecule has 0 saturated heterocycles. The Morgan fingerprint density at radius 3 is 2.38 bits per heavy atom. The minimum absolute atomic E-state index is 0.0643. The summed E-state index contributed by atoms with van der Waals surface area (Å²) in [4.78, 5) is 47.7. The van der Waals surface area contributed by atoms with Gasteiger partial charge < -0.3 is 9.47 Å².